The van der Waals surface area contributed by atoms with Crippen LogP contribution < -0.4 is 5.32 Å². The molecule has 2 heterocycles. The van der Waals surface area contributed by atoms with Gasteiger partial charge in [-0.05, 0) is 79.6 Å². The fourth-order valence-electron chi connectivity index (χ4n) is 4.12. The van der Waals surface area contributed by atoms with Crippen molar-refractivity contribution in [3.8, 4) is 11.5 Å². The van der Waals surface area contributed by atoms with E-state index < -0.39 is 5.60 Å². The average Bonchev–Trinajstić information content (AvgIpc) is 3.16. The van der Waals surface area contributed by atoms with E-state index in [0.29, 0.717) is 25.5 Å². The quantitative estimate of drug-likeness (QED) is 0.592. The predicted octanol–water partition coefficient (Wildman–Crippen LogP) is 4.54. The summed E-state index contributed by atoms with van der Waals surface area (Å²) in [4.78, 5) is 33.6. The van der Waals surface area contributed by atoms with Crippen LogP contribution in [-0.4, -0.2) is 65.1 Å². The lowest BCUT2D eigenvalue weighted by Gasteiger charge is -2.31. The maximum Gasteiger partial charge on any atom is 0.410 e. The van der Waals surface area contributed by atoms with Crippen LogP contribution in [0.25, 0.3) is 11.5 Å². The molecular weight excluding hydrogens is 444 g/mol. The highest BCUT2D eigenvalue weighted by Crippen LogP contribution is 2.25. The minimum Gasteiger partial charge on any atom is -0.444 e. The molecule has 8 nitrogen and oxygen atoms in total. The summed E-state index contributed by atoms with van der Waals surface area (Å²) in [5.74, 6) is 1.54. The van der Waals surface area contributed by atoms with Crippen LogP contribution in [0.3, 0.4) is 0 Å². The van der Waals surface area contributed by atoms with Crippen LogP contribution >= 0.6 is 0 Å². The summed E-state index contributed by atoms with van der Waals surface area (Å²) in [5, 5.41) is 3.00. The third kappa shape index (κ3) is 7.82. The molecule has 0 saturated carbocycles. The minimum absolute atomic E-state index is 0.00983. The van der Waals surface area contributed by atoms with Crippen molar-refractivity contribution in [1.29, 1.82) is 0 Å². The number of nitrogens with one attached hydrogen (secondary N) is 1. The first kappa shape index (κ1) is 26.7. The summed E-state index contributed by atoms with van der Waals surface area (Å²) >= 11 is 0. The van der Waals surface area contributed by atoms with Crippen LogP contribution in [0.1, 0.15) is 57.6 Å². The third-order valence-electron chi connectivity index (χ3n) is 6.24. The molecule has 0 atom stereocenters. The fourth-order valence-corrected chi connectivity index (χ4v) is 4.12. The molecule has 35 heavy (non-hydrogen) atoms. The molecule has 0 radical (unpaired) electrons. The summed E-state index contributed by atoms with van der Waals surface area (Å²) < 4.78 is 11.3. The number of oxazole rings is 1. The van der Waals surface area contributed by atoms with E-state index in [2.05, 4.69) is 29.3 Å². The Hall–Kier alpha value is -2.87. The smallest absolute Gasteiger partial charge is 0.410 e. The van der Waals surface area contributed by atoms with Gasteiger partial charge in [0.05, 0.1) is 5.69 Å². The monoisotopic (exact) mass is 484 g/mol. The van der Waals surface area contributed by atoms with E-state index >= 15 is 0 Å². The molecule has 2 aromatic rings. The Morgan fingerprint density at radius 2 is 1.83 bits per heavy atom. The maximum atomic E-state index is 12.7. The Morgan fingerprint density at radius 1 is 1.17 bits per heavy atom. The third-order valence-corrected chi connectivity index (χ3v) is 6.24. The lowest BCUT2D eigenvalue weighted by Crippen LogP contribution is -2.44. The van der Waals surface area contributed by atoms with Crippen LogP contribution in [0, 0.1) is 19.8 Å². The first-order valence-electron chi connectivity index (χ1n) is 12.6. The molecule has 0 bridgehead atoms. The second kappa shape index (κ2) is 11.7. The zero-order valence-electron chi connectivity index (χ0n) is 22.0. The summed E-state index contributed by atoms with van der Waals surface area (Å²) in [6, 6.07) is 8.17. The van der Waals surface area contributed by atoms with Crippen LogP contribution in [0.4, 0.5) is 4.79 Å². The van der Waals surface area contributed by atoms with Gasteiger partial charge in [0, 0.05) is 37.7 Å². The highest BCUT2D eigenvalue weighted by Gasteiger charge is 2.26. The number of carbonyl (C=O) groups is 2. The van der Waals surface area contributed by atoms with Crippen molar-refractivity contribution in [2.24, 2.45) is 5.92 Å². The Morgan fingerprint density at radius 3 is 2.43 bits per heavy atom. The second-order valence-electron chi connectivity index (χ2n) is 10.3. The van der Waals surface area contributed by atoms with Crippen molar-refractivity contribution in [2.45, 2.75) is 66.5 Å². The molecule has 0 unspecified atom stereocenters. The van der Waals surface area contributed by atoms with E-state index in [1.165, 1.54) is 5.56 Å². The van der Waals surface area contributed by atoms with Gasteiger partial charge in [-0.1, -0.05) is 17.7 Å². The molecule has 8 heteroatoms. The number of rotatable bonds is 8. The standard InChI is InChI=1S/C27H40N4O4/c1-7-31(26(33)35-27(4,5)6)17-14-28-24(32)21-12-15-30(16-13-21)18-23-20(3)34-25(29-23)22-10-8-19(2)9-11-22/h8-11,21H,7,12-18H2,1-6H3,(H,28,32). The van der Waals surface area contributed by atoms with Crippen molar-refractivity contribution in [3.63, 3.8) is 0 Å². The lowest BCUT2D eigenvalue weighted by molar-refractivity contribution is -0.126. The van der Waals surface area contributed by atoms with Gasteiger partial charge >= 0.3 is 6.09 Å². The van der Waals surface area contributed by atoms with Gasteiger partial charge in [-0.3, -0.25) is 9.69 Å². The van der Waals surface area contributed by atoms with Gasteiger partial charge in [0.25, 0.3) is 0 Å². The largest absolute Gasteiger partial charge is 0.444 e. The number of piperidine rings is 1. The number of amides is 2. The van der Waals surface area contributed by atoms with Gasteiger partial charge in [-0.15, -0.1) is 0 Å². The van der Waals surface area contributed by atoms with Crippen molar-refractivity contribution < 1.29 is 18.7 Å². The number of ether oxygens (including phenoxy) is 1. The number of aromatic nitrogens is 1. The Bertz CT molecular complexity index is 986. The molecule has 0 aliphatic carbocycles. The number of likely N-dealkylation sites (tertiary alicyclic amines) is 1. The average molecular weight is 485 g/mol. The van der Waals surface area contributed by atoms with E-state index in [-0.39, 0.29) is 17.9 Å². The molecule has 1 aliphatic heterocycles. The molecule has 1 aromatic heterocycles. The normalized spacial score (nSPS) is 15.1. The van der Waals surface area contributed by atoms with Gasteiger partial charge in [-0.2, -0.15) is 0 Å². The molecule has 1 aliphatic rings. The van der Waals surface area contributed by atoms with E-state index in [1.54, 1.807) is 4.90 Å². The van der Waals surface area contributed by atoms with Gasteiger partial charge in [0.15, 0.2) is 0 Å². The van der Waals surface area contributed by atoms with Crippen LogP contribution in [0.5, 0.6) is 0 Å². The number of nitrogens with zero attached hydrogens (tertiary/aromatic N) is 3. The molecule has 3 rings (SSSR count). The molecular formula is C27H40N4O4. The van der Waals surface area contributed by atoms with Crippen molar-refractivity contribution in [1.82, 2.24) is 20.1 Å². The topological polar surface area (TPSA) is 87.9 Å². The molecule has 2 amide bonds. The molecule has 1 aromatic carbocycles. The van der Waals surface area contributed by atoms with Crippen LogP contribution in [0.15, 0.2) is 28.7 Å². The molecule has 1 fully saturated rings. The van der Waals surface area contributed by atoms with E-state index in [0.717, 1.165) is 49.5 Å². The minimum atomic E-state index is -0.533. The number of benzene rings is 1. The van der Waals surface area contributed by atoms with E-state index in [1.807, 2.05) is 46.8 Å². The van der Waals surface area contributed by atoms with E-state index in [4.69, 9.17) is 14.1 Å². The summed E-state index contributed by atoms with van der Waals surface area (Å²) in [5.41, 5.74) is 2.60. The Balaban J connectivity index is 1.43. The first-order valence-corrected chi connectivity index (χ1v) is 12.6. The Labute approximate surface area is 209 Å². The van der Waals surface area contributed by atoms with Gasteiger partial charge in [0.1, 0.15) is 11.4 Å². The van der Waals surface area contributed by atoms with Crippen LogP contribution in [-0.2, 0) is 16.1 Å². The summed E-state index contributed by atoms with van der Waals surface area (Å²) in [7, 11) is 0. The van der Waals surface area contributed by atoms with Gasteiger partial charge in [-0.25, -0.2) is 9.78 Å². The van der Waals surface area contributed by atoms with Crippen LogP contribution in [0.2, 0.25) is 0 Å². The van der Waals surface area contributed by atoms with Gasteiger partial charge < -0.3 is 19.4 Å². The van der Waals surface area contributed by atoms with Crippen molar-refractivity contribution >= 4 is 12.0 Å². The van der Waals surface area contributed by atoms with Gasteiger partial charge in [0.2, 0.25) is 11.8 Å². The number of likely N-dealkylation sites (N-methyl/N-ethyl adjacent to an activating group) is 1. The molecule has 1 saturated heterocycles. The number of hydrogen-bond donors (Lipinski definition) is 1. The Kier molecular flexibility index (Phi) is 8.94. The first-order chi connectivity index (χ1) is 16.6. The molecule has 192 valence electrons. The van der Waals surface area contributed by atoms with E-state index in [9.17, 15) is 9.59 Å². The lowest BCUT2D eigenvalue weighted by atomic mass is 9.96. The summed E-state index contributed by atoms with van der Waals surface area (Å²) in [6.45, 7) is 15.2. The van der Waals surface area contributed by atoms with Crippen molar-refractivity contribution in [3.05, 3.63) is 41.3 Å². The fraction of sp³-hybridized carbons (Fsp3) is 0.593. The highest BCUT2D eigenvalue weighted by atomic mass is 16.6. The molecule has 0 spiro atoms. The maximum absolute atomic E-state index is 12.7. The second-order valence-corrected chi connectivity index (χ2v) is 10.3. The zero-order valence-corrected chi connectivity index (χ0v) is 22.0. The SMILES string of the molecule is CCN(CCNC(=O)C1CCN(Cc2nc(-c3ccc(C)cc3)oc2C)CC1)C(=O)OC(C)(C)C. The zero-order chi connectivity index (χ0) is 25.6. The predicted molar refractivity (Wildman–Crippen MR) is 136 cm³/mol. The molecule has 1 N–H and O–H groups in total. The number of carbonyl (C=O) groups excluding carboxylic acids is 2. The number of aryl methyl sites for hydroxylation is 2. The number of hydrogen-bond acceptors (Lipinski definition) is 6. The highest BCUT2D eigenvalue weighted by molar-refractivity contribution is 5.78. The van der Waals surface area contributed by atoms with Crippen molar-refractivity contribution in [2.75, 3.05) is 32.7 Å². The summed E-state index contributed by atoms with van der Waals surface area (Å²) in [6.07, 6.45) is 1.25.